The van der Waals surface area contributed by atoms with Gasteiger partial charge in [-0.1, -0.05) is 39.7 Å². The van der Waals surface area contributed by atoms with E-state index in [0.717, 1.165) is 32.2 Å². The molecule has 1 saturated carbocycles. The maximum atomic E-state index is 12.2. The largest absolute Gasteiger partial charge is 0.470 e. The molecule has 0 aromatic heterocycles. The molecule has 1 heterocycles. The van der Waals surface area contributed by atoms with Crippen LogP contribution in [0.4, 0.5) is 4.79 Å². The fourth-order valence-electron chi connectivity index (χ4n) is 7.43. The molecule has 4 atom stereocenters. The Hall–Kier alpha value is -1.29. The van der Waals surface area contributed by atoms with E-state index in [1.165, 1.54) is 16.7 Å². The van der Waals surface area contributed by atoms with Crippen LogP contribution in [0.5, 0.6) is 0 Å². The van der Waals surface area contributed by atoms with Gasteiger partial charge in [0.05, 0.1) is 0 Å². The lowest BCUT2D eigenvalue weighted by Crippen LogP contribution is -2.73. The lowest BCUT2D eigenvalue weighted by atomic mass is 9.36. The Balaban J connectivity index is 1.98. The second-order valence-corrected chi connectivity index (χ2v) is 10.3. The minimum atomic E-state index is -0.181. The summed E-state index contributed by atoms with van der Waals surface area (Å²) in [5.41, 5.74) is 6.01. The summed E-state index contributed by atoms with van der Waals surface area (Å²) in [6.07, 6.45) is 4.29. The maximum Gasteiger partial charge on any atom is 0.257 e. The topological polar surface area (TPSA) is 29.5 Å². The highest BCUT2D eigenvalue weighted by Gasteiger charge is 2.70. The molecule has 1 aliphatic heterocycles. The zero-order valence-corrected chi connectivity index (χ0v) is 18.7. The van der Waals surface area contributed by atoms with Crippen LogP contribution >= 0.6 is 0 Å². The van der Waals surface area contributed by atoms with E-state index >= 15 is 0 Å². The highest BCUT2D eigenvalue weighted by Crippen LogP contribution is 2.69. The molecule has 3 aliphatic rings. The van der Waals surface area contributed by atoms with Gasteiger partial charge >= 0.3 is 0 Å². The molecule has 1 aromatic carbocycles. The molecule has 2 unspecified atom stereocenters. The van der Waals surface area contributed by atoms with Gasteiger partial charge in [0.15, 0.2) is 0 Å². The van der Waals surface area contributed by atoms with Crippen molar-refractivity contribution in [2.75, 3.05) is 13.6 Å². The zero-order chi connectivity index (χ0) is 20.5. The molecular weight excluding hydrogens is 345 g/mol. The van der Waals surface area contributed by atoms with Gasteiger partial charge in [0.1, 0.15) is 6.10 Å². The standard InChI is InChI=1S/C24H35BNO2/c1-15-8-9-17-14-18-23(5)11-10-19(28-21(27)25-6)22(3,4)24(23,12-13-26(18)7)20(17)16(15)2/h8-9,18-19H,10-14H2,1-7H3/t18-,19?,23?,24+/m1/s1. The van der Waals surface area contributed by atoms with E-state index in [4.69, 9.17) is 4.74 Å². The predicted molar refractivity (Wildman–Crippen MR) is 115 cm³/mol. The molecule has 1 radical (unpaired) electrons. The molecule has 2 aliphatic carbocycles. The van der Waals surface area contributed by atoms with Crippen molar-refractivity contribution in [3.8, 4) is 0 Å². The third-order valence-corrected chi connectivity index (χ3v) is 9.07. The Morgan fingerprint density at radius 1 is 1.21 bits per heavy atom. The van der Waals surface area contributed by atoms with E-state index in [9.17, 15) is 4.79 Å². The van der Waals surface area contributed by atoms with Gasteiger partial charge in [0, 0.05) is 16.9 Å². The summed E-state index contributed by atoms with van der Waals surface area (Å²) in [6, 6.07) is 5.21. The molecule has 28 heavy (non-hydrogen) atoms. The second kappa shape index (κ2) is 6.36. The van der Waals surface area contributed by atoms with Crippen molar-refractivity contribution >= 4 is 13.1 Å². The van der Waals surface area contributed by atoms with Crippen molar-refractivity contribution in [3.05, 3.63) is 34.4 Å². The summed E-state index contributed by atoms with van der Waals surface area (Å²) >= 11 is 0. The van der Waals surface area contributed by atoms with Crippen LogP contribution in [-0.2, 0) is 16.6 Å². The molecule has 2 fully saturated rings. The van der Waals surface area contributed by atoms with Crippen molar-refractivity contribution in [2.24, 2.45) is 10.8 Å². The van der Waals surface area contributed by atoms with Crippen LogP contribution in [0.3, 0.4) is 0 Å². The normalized spacial score (nSPS) is 36.2. The number of benzene rings is 1. The number of ether oxygens (including phenoxy) is 1. The van der Waals surface area contributed by atoms with Crippen LogP contribution in [-0.4, -0.2) is 43.8 Å². The molecule has 4 rings (SSSR count). The molecule has 1 saturated heterocycles. The van der Waals surface area contributed by atoms with Gasteiger partial charge in [0.25, 0.3) is 7.28 Å². The zero-order valence-electron chi connectivity index (χ0n) is 18.7. The lowest BCUT2D eigenvalue weighted by Gasteiger charge is -2.71. The Morgan fingerprint density at radius 3 is 2.61 bits per heavy atom. The fourth-order valence-corrected chi connectivity index (χ4v) is 7.43. The monoisotopic (exact) mass is 380 g/mol. The van der Waals surface area contributed by atoms with Crippen molar-refractivity contribution in [1.29, 1.82) is 0 Å². The number of likely N-dealkylation sites (tertiary alicyclic amines) is 1. The van der Waals surface area contributed by atoms with E-state index < -0.39 is 0 Å². The van der Waals surface area contributed by atoms with E-state index in [2.05, 4.69) is 58.7 Å². The van der Waals surface area contributed by atoms with E-state index in [-0.39, 0.29) is 28.2 Å². The molecule has 2 bridgehead atoms. The number of hydrogen-bond acceptors (Lipinski definition) is 3. The summed E-state index contributed by atoms with van der Waals surface area (Å²) in [5.74, 6) is -0.181. The van der Waals surface area contributed by atoms with Gasteiger partial charge < -0.3 is 9.64 Å². The number of hydrogen-bond donors (Lipinski definition) is 0. The number of likely N-dealkylation sites (N-methyl/N-ethyl adjacent to an activating group) is 1. The van der Waals surface area contributed by atoms with Crippen LogP contribution in [0, 0.1) is 24.7 Å². The first-order chi connectivity index (χ1) is 13.1. The highest BCUT2D eigenvalue weighted by atomic mass is 16.5. The van der Waals surface area contributed by atoms with E-state index in [1.54, 1.807) is 19.7 Å². The maximum absolute atomic E-state index is 12.2. The van der Waals surface area contributed by atoms with Crippen molar-refractivity contribution in [2.45, 2.75) is 84.7 Å². The first-order valence-corrected chi connectivity index (χ1v) is 10.9. The molecular formula is C24H35BNO2. The smallest absolute Gasteiger partial charge is 0.257 e. The summed E-state index contributed by atoms with van der Waals surface area (Å²) in [7, 11) is 3.86. The fraction of sp³-hybridized carbons (Fsp3) is 0.708. The Morgan fingerprint density at radius 2 is 1.93 bits per heavy atom. The van der Waals surface area contributed by atoms with E-state index in [0.29, 0.717) is 6.04 Å². The Bertz CT molecular complexity index is 819. The molecule has 4 heteroatoms. The number of aryl methyl sites for hydroxylation is 1. The SMILES string of the molecule is C[B]C(=O)OC1CCC2(C)[C@H]3Cc4ccc(C)c(C)c4[C@@]2(CCN3C)C1(C)C. The predicted octanol–water partition coefficient (Wildman–Crippen LogP) is 4.89. The summed E-state index contributed by atoms with van der Waals surface area (Å²) in [5, 5.41) is 0. The minimum absolute atomic E-state index is 0.0256. The molecule has 0 amide bonds. The average Bonchev–Trinajstić information content (AvgIpc) is 2.64. The summed E-state index contributed by atoms with van der Waals surface area (Å²) in [6.45, 7) is 14.7. The van der Waals surface area contributed by atoms with Gasteiger partial charge in [-0.05, 0) is 80.8 Å². The van der Waals surface area contributed by atoms with Crippen LogP contribution in [0.15, 0.2) is 12.1 Å². The number of carbonyl (C=O) groups excluding carboxylic acids is 1. The number of piperidine rings is 1. The Labute approximate surface area is 171 Å². The number of rotatable bonds is 2. The van der Waals surface area contributed by atoms with Gasteiger partial charge in [-0.3, -0.25) is 4.79 Å². The lowest BCUT2D eigenvalue weighted by molar-refractivity contribution is -0.177. The molecule has 151 valence electrons. The molecule has 0 N–H and O–H groups in total. The number of fused-ring (bicyclic) bond motifs is 1. The van der Waals surface area contributed by atoms with Crippen LogP contribution in [0.2, 0.25) is 6.82 Å². The average molecular weight is 380 g/mol. The third kappa shape index (κ3) is 2.30. The van der Waals surface area contributed by atoms with Crippen LogP contribution in [0.1, 0.15) is 62.3 Å². The number of nitrogens with zero attached hydrogens (tertiary/aromatic N) is 1. The van der Waals surface area contributed by atoms with Crippen molar-refractivity contribution in [3.63, 3.8) is 0 Å². The van der Waals surface area contributed by atoms with Gasteiger partial charge in [0.2, 0.25) is 5.87 Å². The van der Waals surface area contributed by atoms with E-state index in [1.807, 2.05) is 0 Å². The van der Waals surface area contributed by atoms with Crippen molar-refractivity contribution < 1.29 is 9.53 Å². The molecule has 1 aromatic rings. The van der Waals surface area contributed by atoms with Gasteiger partial charge in [-0.25, -0.2) is 0 Å². The molecule has 0 spiro atoms. The Kier molecular flexibility index (Phi) is 4.54. The minimum Gasteiger partial charge on any atom is -0.470 e. The van der Waals surface area contributed by atoms with Crippen LogP contribution < -0.4 is 0 Å². The summed E-state index contributed by atoms with van der Waals surface area (Å²) < 4.78 is 6.04. The van der Waals surface area contributed by atoms with Crippen molar-refractivity contribution in [1.82, 2.24) is 4.90 Å². The quantitative estimate of drug-likeness (QED) is 0.685. The number of carbonyl (C=O) groups is 1. The van der Waals surface area contributed by atoms with Crippen LogP contribution in [0.25, 0.3) is 0 Å². The molecule has 3 nitrogen and oxygen atoms in total. The highest BCUT2D eigenvalue weighted by molar-refractivity contribution is 6.70. The second-order valence-electron chi connectivity index (χ2n) is 10.3. The van der Waals surface area contributed by atoms with Gasteiger partial charge in [-0.15, -0.1) is 0 Å². The first kappa shape index (κ1) is 20.0. The first-order valence-electron chi connectivity index (χ1n) is 10.9. The summed E-state index contributed by atoms with van der Waals surface area (Å²) in [4.78, 5) is 14.8. The third-order valence-electron chi connectivity index (χ3n) is 9.07. The van der Waals surface area contributed by atoms with Gasteiger partial charge in [-0.2, -0.15) is 0 Å².